The van der Waals surface area contributed by atoms with Crippen LogP contribution in [0, 0.1) is 6.92 Å². The van der Waals surface area contributed by atoms with Crippen molar-refractivity contribution in [2.45, 2.75) is 13.5 Å². The van der Waals surface area contributed by atoms with Gasteiger partial charge in [-0.1, -0.05) is 17.7 Å². The first-order valence-electron chi connectivity index (χ1n) is 6.02. The summed E-state index contributed by atoms with van der Waals surface area (Å²) in [7, 11) is 0. The molecule has 102 valence electrons. The van der Waals surface area contributed by atoms with Crippen LogP contribution in [0.2, 0.25) is 5.02 Å². The normalized spacial score (nSPS) is 10.7. The molecular formula is C13H12ClN5S. The Morgan fingerprint density at radius 2 is 2.30 bits per heavy atom. The van der Waals surface area contributed by atoms with Crippen LogP contribution in [-0.2, 0) is 6.54 Å². The minimum Gasteiger partial charge on any atom is -0.377 e. The van der Waals surface area contributed by atoms with E-state index in [0.29, 0.717) is 11.6 Å². The summed E-state index contributed by atoms with van der Waals surface area (Å²) in [5, 5.41) is 11.2. The molecule has 5 nitrogen and oxygen atoms in total. The van der Waals surface area contributed by atoms with Crippen LogP contribution in [-0.4, -0.2) is 19.7 Å². The monoisotopic (exact) mass is 305 g/mol. The average Bonchev–Trinajstić information content (AvgIpc) is 3.08. The largest absolute Gasteiger partial charge is 0.377 e. The number of para-hydroxylation sites is 1. The summed E-state index contributed by atoms with van der Waals surface area (Å²) in [6.07, 6.45) is 3.11. The van der Waals surface area contributed by atoms with E-state index in [1.54, 1.807) is 22.3 Å². The number of benzene rings is 1. The maximum absolute atomic E-state index is 6.27. The van der Waals surface area contributed by atoms with E-state index in [1.165, 1.54) is 6.33 Å². The summed E-state index contributed by atoms with van der Waals surface area (Å²) in [6.45, 7) is 2.64. The fourth-order valence-electron chi connectivity index (χ4n) is 1.87. The first kappa shape index (κ1) is 13.1. The molecule has 0 radical (unpaired) electrons. The van der Waals surface area contributed by atoms with E-state index < -0.39 is 0 Å². The SMILES string of the molecule is Cc1csc(CNc2cccc(Cl)c2-n2cncn2)n1. The van der Waals surface area contributed by atoms with Crippen molar-refractivity contribution in [1.82, 2.24) is 19.7 Å². The molecule has 0 fully saturated rings. The van der Waals surface area contributed by atoms with Crippen LogP contribution in [0.3, 0.4) is 0 Å². The van der Waals surface area contributed by atoms with Gasteiger partial charge >= 0.3 is 0 Å². The molecule has 0 atom stereocenters. The molecule has 3 rings (SSSR count). The van der Waals surface area contributed by atoms with Gasteiger partial charge < -0.3 is 5.32 Å². The van der Waals surface area contributed by atoms with Crippen LogP contribution >= 0.6 is 22.9 Å². The van der Waals surface area contributed by atoms with Crippen LogP contribution in [0.1, 0.15) is 10.7 Å². The topological polar surface area (TPSA) is 55.6 Å². The third-order valence-corrected chi connectivity index (χ3v) is 4.00. The van der Waals surface area contributed by atoms with Crippen molar-refractivity contribution < 1.29 is 0 Å². The summed E-state index contributed by atoms with van der Waals surface area (Å²) >= 11 is 7.90. The summed E-state index contributed by atoms with van der Waals surface area (Å²) < 4.78 is 1.65. The summed E-state index contributed by atoms with van der Waals surface area (Å²) in [4.78, 5) is 8.39. The predicted molar refractivity (Wildman–Crippen MR) is 80.5 cm³/mol. The molecule has 0 bridgehead atoms. The minimum absolute atomic E-state index is 0.621. The van der Waals surface area contributed by atoms with Gasteiger partial charge in [0.15, 0.2) is 0 Å². The number of halogens is 1. The predicted octanol–water partition coefficient (Wildman–Crippen LogP) is 3.30. The lowest BCUT2D eigenvalue weighted by Crippen LogP contribution is -2.05. The number of nitrogens with zero attached hydrogens (tertiary/aromatic N) is 4. The number of nitrogens with one attached hydrogen (secondary N) is 1. The molecule has 0 amide bonds. The number of rotatable bonds is 4. The fourth-order valence-corrected chi connectivity index (χ4v) is 2.84. The zero-order chi connectivity index (χ0) is 13.9. The molecule has 7 heteroatoms. The van der Waals surface area contributed by atoms with Crippen molar-refractivity contribution in [1.29, 1.82) is 0 Å². The number of hydrogen-bond acceptors (Lipinski definition) is 5. The second-order valence-electron chi connectivity index (χ2n) is 4.21. The van der Waals surface area contributed by atoms with Gasteiger partial charge in [-0.3, -0.25) is 0 Å². The van der Waals surface area contributed by atoms with Gasteiger partial charge in [-0.2, -0.15) is 5.10 Å². The molecule has 20 heavy (non-hydrogen) atoms. The lowest BCUT2D eigenvalue weighted by Gasteiger charge is -2.12. The van der Waals surface area contributed by atoms with E-state index in [-0.39, 0.29) is 0 Å². The quantitative estimate of drug-likeness (QED) is 0.803. The summed E-state index contributed by atoms with van der Waals surface area (Å²) in [5.41, 5.74) is 2.73. The molecule has 0 saturated heterocycles. The van der Waals surface area contributed by atoms with Gasteiger partial charge in [0.25, 0.3) is 0 Å². The lowest BCUT2D eigenvalue weighted by atomic mass is 10.2. The lowest BCUT2D eigenvalue weighted by molar-refractivity contribution is 0.877. The molecule has 0 aliphatic heterocycles. The molecule has 3 aromatic rings. The minimum atomic E-state index is 0.621. The summed E-state index contributed by atoms with van der Waals surface area (Å²) in [5.74, 6) is 0. The Balaban J connectivity index is 1.88. The van der Waals surface area contributed by atoms with Crippen molar-refractivity contribution >= 4 is 28.6 Å². The second-order valence-corrected chi connectivity index (χ2v) is 5.56. The zero-order valence-electron chi connectivity index (χ0n) is 10.7. The zero-order valence-corrected chi connectivity index (χ0v) is 12.3. The van der Waals surface area contributed by atoms with Crippen LogP contribution < -0.4 is 5.32 Å². The molecule has 1 aromatic carbocycles. The second kappa shape index (κ2) is 5.60. The smallest absolute Gasteiger partial charge is 0.138 e. The Bertz CT molecular complexity index is 707. The van der Waals surface area contributed by atoms with Crippen molar-refractivity contribution in [3.63, 3.8) is 0 Å². The van der Waals surface area contributed by atoms with E-state index in [2.05, 4.69) is 20.4 Å². The molecule has 2 aromatic heterocycles. The van der Waals surface area contributed by atoms with Crippen molar-refractivity contribution in [3.05, 3.63) is 52.0 Å². The van der Waals surface area contributed by atoms with Gasteiger partial charge in [0.1, 0.15) is 23.3 Å². The Kier molecular flexibility index (Phi) is 3.66. The number of aryl methyl sites for hydroxylation is 1. The molecular weight excluding hydrogens is 294 g/mol. The third kappa shape index (κ3) is 2.66. The molecule has 1 N–H and O–H groups in total. The van der Waals surface area contributed by atoms with Crippen LogP contribution in [0.4, 0.5) is 5.69 Å². The Labute approximate surface area is 125 Å². The van der Waals surface area contributed by atoms with Crippen molar-refractivity contribution in [2.75, 3.05) is 5.32 Å². The van der Waals surface area contributed by atoms with E-state index in [9.17, 15) is 0 Å². The Hall–Kier alpha value is -1.92. The first-order chi connectivity index (χ1) is 9.74. The Morgan fingerprint density at radius 3 is 3.00 bits per heavy atom. The molecule has 0 spiro atoms. The van der Waals surface area contributed by atoms with Gasteiger partial charge in [0.2, 0.25) is 0 Å². The number of hydrogen-bond donors (Lipinski definition) is 1. The van der Waals surface area contributed by atoms with E-state index in [4.69, 9.17) is 11.6 Å². The average molecular weight is 306 g/mol. The highest BCUT2D eigenvalue weighted by Crippen LogP contribution is 2.28. The van der Waals surface area contributed by atoms with Crippen molar-refractivity contribution in [2.24, 2.45) is 0 Å². The van der Waals surface area contributed by atoms with Gasteiger partial charge in [-0.25, -0.2) is 14.6 Å². The number of anilines is 1. The Morgan fingerprint density at radius 1 is 1.40 bits per heavy atom. The molecule has 0 aliphatic carbocycles. The van der Waals surface area contributed by atoms with Gasteiger partial charge in [-0.15, -0.1) is 11.3 Å². The van der Waals surface area contributed by atoms with E-state index in [0.717, 1.165) is 22.1 Å². The number of aromatic nitrogens is 4. The van der Waals surface area contributed by atoms with E-state index >= 15 is 0 Å². The molecule has 0 unspecified atom stereocenters. The summed E-state index contributed by atoms with van der Waals surface area (Å²) in [6, 6.07) is 5.69. The van der Waals surface area contributed by atoms with Crippen LogP contribution in [0.25, 0.3) is 5.69 Å². The van der Waals surface area contributed by atoms with Crippen LogP contribution in [0.5, 0.6) is 0 Å². The standard InChI is InChI=1S/C13H12ClN5S/c1-9-6-20-12(18-9)5-16-11-4-2-3-10(14)13(11)19-8-15-7-17-19/h2-4,6-8,16H,5H2,1H3. The fraction of sp³-hybridized carbons (Fsp3) is 0.154. The highest BCUT2D eigenvalue weighted by molar-refractivity contribution is 7.09. The maximum Gasteiger partial charge on any atom is 0.138 e. The van der Waals surface area contributed by atoms with Crippen LogP contribution in [0.15, 0.2) is 36.2 Å². The third-order valence-electron chi connectivity index (χ3n) is 2.73. The molecule has 2 heterocycles. The number of thiazole rings is 1. The first-order valence-corrected chi connectivity index (χ1v) is 7.28. The van der Waals surface area contributed by atoms with Gasteiger partial charge in [0, 0.05) is 11.1 Å². The van der Waals surface area contributed by atoms with Crippen molar-refractivity contribution in [3.8, 4) is 5.69 Å². The highest BCUT2D eigenvalue weighted by atomic mass is 35.5. The van der Waals surface area contributed by atoms with E-state index in [1.807, 2.05) is 30.5 Å². The van der Waals surface area contributed by atoms with Gasteiger partial charge in [0.05, 0.1) is 17.3 Å². The molecule has 0 aliphatic rings. The maximum atomic E-state index is 6.27. The van der Waals surface area contributed by atoms with Gasteiger partial charge in [-0.05, 0) is 19.1 Å². The molecule has 0 saturated carbocycles. The highest BCUT2D eigenvalue weighted by Gasteiger charge is 2.10.